The topological polar surface area (TPSA) is 334 Å². The van der Waals surface area contributed by atoms with Crippen LogP contribution in [0.2, 0.25) is 25.2 Å². The van der Waals surface area contributed by atoms with E-state index in [0.717, 1.165) is 76.4 Å². The summed E-state index contributed by atoms with van der Waals surface area (Å²) in [4.78, 5) is 44.9. The molecule has 25 nitrogen and oxygen atoms in total. The number of carbonyl (C=O) groups excluding carboxylic acids is 1. The summed E-state index contributed by atoms with van der Waals surface area (Å²) in [6.45, 7) is 10.7. The quantitative estimate of drug-likeness (QED) is 0.00402. The van der Waals surface area contributed by atoms with Gasteiger partial charge in [0.05, 0.1) is 95.8 Å². The number of phenolic OH excluding ortho intramolecular Hbond substituents is 1. The Morgan fingerprint density at radius 3 is 1.24 bits per heavy atom. The largest absolute Gasteiger partial charge is 1.00 e. The van der Waals surface area contributed by atoms with E-state index >= 15 is 0 Å². The number of nitrogens with one attached hydrogen (secondary N) is 3. The van der Waals surface area contributed by atoms with Gasteiger partial charge in [0.15, 0.2) is 34.5 Å². The van der Waals surface area contributed by atoms with Crippen molar-refractivity contribution in [2.75, 3.05) is 76.2 Å². The molecule has 1 radical (unpaired) electrons. The Balaban J connectivity index is 0.000000372. The number of anilines is 7. The molecule has 0 unspecified atom stereocenters. The Morgan fingerprint density at radius 1 is 0.492 bits per heavy atom. The molecule has 0 saturated carbocycles. The van der Waals surface area contributed by atoms with E-state index in [9.17, 15) is 31.1 Å². The van der Waals surface area contributed by atoms with E-state index in [-0.39, 0.29) is 176 Å². The van der Waals surface area contributed by atoms with Gasteiger partial charge in [0, 0.05) is 114 Å². The molecule has 0 spiro atoms. The van der Waals surface area contributed by atoms with Gasteiger partial charge in [0.1, 0.15) is 76.9 Å². The number of fused-ring (bicyclic) bond motifs is 4. The van der Waals surface area contributed by atoms with Gasteiger partial charge in [-0.25, -0.2) is 57.4 Å². The van der Waals surface area contributed by atoms with Crippen LogP contribution in [0.3, 0.4) is 0 Å². The van der Waals surface area contributed by atoms with Gasteiger partial charge < -0.3 is 78.0 Å². The Morgan fingerprint density at radius 2 is 0.850 bits per heavy atom. The van der Waals surface area contributed by atoms with Crippen LogP contribution in [0.1, 0.15) is 64.5 Å². The van der Waals surface area contributed by atoms with Crippen LogP contribution in [0, 0.1) is 30.2 Å². The first-order valence-corrected chi connectivity index (χ1v) is 39.0. The fourth-order valence-electron chi connectivity index (χ4n) is 9.87. The minimum absolute atomic E-state index is 0. The molecule has 0 aliphatic carbocycles. The number of ether oxygens (including phenoxy) is 6. The Labute approximate surface area is 829 Å². The first kappa shape index (κ1) is 107. The van der Waals surface area contributed by atoms with Crippen molar-refractivity contribution in [2.45, 2.75) is 71.6 Å². The Hall–Kier alpha value is -6.73. The first-order valence-electron chi connectivity index (χ1n) is 35.1. The molecule has 120 heavy (non-hydrogen) atoms. The zero-order valence-corrected chi connectivity index (χ0v) is 81.3. The average molecular weight is 1850 g/mol. The number of nitrogens with zero attached hydrogens (tertiary/aromatic N) is 8. The number of methoxy groups -OCH3 is 5. The van der Waals surface area contributed by atoms with E-state index in [4.69, 9.17) is 106 Å². The average Bonchev–Trinajstić information content (AvgIpc) is 0.801. The van der Waals surface area contributed by atoms with Crippen molar-refractivity contribution >= 4 is 222 Å². The standard InChI is InChI=1S/C19H19ClFN3O2.C16H13ClFN3O2.C15H11ClFN3O2.C11H11ClN2O.C11H16O3S.C6H5ClFN.C2H6S.CH2O3.2K.Na/c1-3-4-7-26-18-9-13-16(10-17(18)25-2)22-11-23-19(13)24-12-5-6-15(21)14(20)8-12;1-22-14-6-10-13(7-15(14)23-2)19-8-20-16(10)21-9-3-4-12(18)11(17)5-9;1-22-14-6-12-9(5-13(14)21)15(19-7-18-12)20-8-2-3-11(17)10(16)4-8;1-3-7-4-9-8(5-10(7)15-2)11(12)14-6-13-9;1-3-4-9-14-15(12,13)11-7-5-10(2)6-8-11;7-5-3-4(9)1-2-6(5)8;1-2-3;2-1-4-3;;;/h5-6,8-11H,3-4,7H2,1-2H3,(H,22,23,24);3-8H,1-2H3,(H,19,20,21);2-7,21H,1H3,(H,18,19,20);4-6H,3H2,1-2H3;5-8H,3-4,9H2,1-2H3;1-3H,9H2;3H,2H2,1H3;1,3H;;;/q;;;;;;;;;2*+1/p-2. The number of halogens is 9. The summed E-state index contributed by atoms with van der Waals surface area (Å²) in [6, 6.07) is 37.9. The van der Waals surface area contributed by atoms with Gasteiger partial charge in [-0.05, 0) is 147 Å². The fraction of sp³-hybridized carbons (Fsp3) is 0.222. The number of benzene rings is 9. The Kier molecular flexibility index (Phi) is 50.3. The van der Waals surface area contributed by atoms with Crippen molar-refractivity contribution in [2.24, 2.45) is 0 Å². The summed E-state index contributed by atoms with van der Waals surface area (Å²) >= 11 is 33.1. The van der Waals surface area contributed by atoms with E-state index in [1.54, 1.807) is 95.2 Å². The number of nitrogen functional groups attached to an aromatic ring is 1. The molecule has 0 saturated heterocycles. The summed E-state index contributed by atoms with van der Waals surface area (Å²) in [5, 5.41) is 31.1. The summed E-state index contributed by atoms with van der Waals surface area (Å²) < 4.78 is 112. The van der Waals surface area contributed by atoms with Crippen molar-refractivity contribution < 1.29 is 160 Å². The van der Waals surface area contributed by atoms with E-state index in [1.807, 2.05) is 39.0 Å². The number of hydrogen-bond donors (Lipinski definition) is 5. The smallest absolute Gasteiger partial charge is 0.793 e. The summed E-state index contributed by atoms with van der Waals surface area (Å²) in [5.41, 5.74) is 12.6. The SMILES string of the molecule is CCCCOS(=O)(=O)c1ccc(C)cc1.CCCCOc1cc2c(Nc3ccc(F)c(Cl)c3)ncnc2cc1OC.CC[S-].CCc1cc2ncnc(Cl)c2cc1OC.COc1cc2ncnc(Nc3ccc(F)c(Cl)c3)c2cc1O.COc1cc2ncnc(Nc3ccc(F)c(Cl)c3)c2cc1OC.Nc1ccc(F)c(Cl)c1.O=CO[O-].[K+].[K].[Na+]. The fourth-order valence-corrected chi connectivity index (χ4v) is 11.7. The number of aryl methyl sites for hydroxylation is 2. The van der Waals surface area contributed by atoms with E-state index in [1.165, 1.54) is 93.1 Å². The first-order chi connectivity index (χ1) is 56.2. The van der Waals surface area contributed by atoms with Gasteiger partial charge >= 0.3 is 80.9 Å². The number of nitrogens with two attached hydrogens (primary N) is 1. The molecule has 39 heteroatoms. The van der Waals surface area contributed by atoms with Crippen LogP contribution in [-0.2, 0) is 43.0 Å². The zero-order valence-electron chi connectivity index (χ0n) is 67.6. The monoisotopic (exact) mass is 1850 g/mol. The van der Waals surface area contributed by atoms with Crippen molar-refractivity contribution in [3.63, 3.8) is 0 Å². The van der Waals surface area contributed by atoms with E-state index in [0.29, 0.717) is 103 Å². The van der Waals surface area contributed by atoms with E-state index in [2.05, 4.69) is 87.2 Å². The third kappa shape index (κ3) is 33.4. The Bertz CT molecular complexity index is 5570. The predicted octanol–water partition coefficient (Wildman–Crippen LogP) is 13.4. The van der Waals surface area contributed by atoms with Gasteiger partial charge in [-0.1, -0.05) is 116 Å². The molecule has 13 rings (SSSR count). The van der Waals surface area contributed by atoms with Gasteiger partial charge in [0.2, 0.25) is 0 Å². The van der Waals surface area contributed by atoms with Crippen LogP contribution in [-0.4, -0.2) is 166 Å². The molecular formula is C81H81Cl5F4K2N12NaO13S2. The number of rotatable bonds is 22. The number of carbonyl (C=O) groups is 1. The third-order valence-electron chi connectivity index (χ3n) is 15.7. The molecule has 6 N–H and O–H groups in total. The van der Waals surface area contributed by atoms with Crippen LogP contribution in [0.25, 0.3) is 43.6 Å². The van der Waals surface area contributed by atoms with Crippen molar-refractivity contribution in [1.29, 1.82) is 0 Å². The molecule has 0 fully saturated rings. The van der Waals surface area contributed by atoms with Crippen LogP contribution in [0.4, 0.5) is 57.8 Å². The van der Waals surface area contributed by atoms with Gasteiger partial charge in [0.25, 0.3) is 16.6 Å². The van der Waals surface area contributed by atoms with Crippen molar-refractivity contribution in [1.82, 2.24) is 39.9 Å². The van der Waals surface area contributed by atoms with Crippen LogP contribution < -0.4 is 136 Å². The minimum atomic E-state index is -3.55. The van der Waals surface area contributed by atoms with Crippen molar-refractivity contribution in [3.8, 4) is 40.2 Å². The zero-order chi connectivity index (χ0) is 85.7. The molecule has 4 aromatic heterocycles. The van der Waals surface area contributed by atoms with Crippen LogP contribution in [0.15, 0.2) is 176 Å². The molecule has 621 valence electrons. The number of unbranched alkanes of at least 4 members (excludes halogenated alkanes) is 2. The predicted molar refractivity (Wildman–Crippen MR) is 457 cm³/mol. The van der Waals surface area contributed by atoms with Crippen LogP contribution in [0.5, 0.6) is 40.2 Å². The maximum absolute atomic E-state index is 13.4. The van der Waals surface area contributed by atoms with Crippen LogP contribution >= 0.6 is 58.0 Å². The second-order valence-electron chi connectivity index (χ2n) is 23.7. The number of aromatic nitrogens is 8. The maximum Gasteiger partial charge on any atom is 1.00 e. The molecular weight excluding hydrogens is 1770 g/mol. The molecule has 0 aliphatic rings. The van der Waals surface area contributed by atoms with Gasteiger partial charge in [-0.3, -0.25) is 8.98 Å². The summed E-state index contributed by atoms with van der Waals surface area (Å²) in [6.07, 6.45) is 10.3. The minimum Gasteiger partial charge on any atom is -0.793 e. The molecule has 0 bridgehead atoms. The molecule has 0 atom stereocenters. The summed E-state index contributed by atoms with van der Waals surface area (Å²) in [5.74, 6) is 4.06. The molecule has 9 aromatic carbocycles. The number of phenols is 1. The normalized spacial score (nSPS) is 10.1. The second kappa shape index (κ2) is 56.2. The molecule has 0 amide bonds. The second-order valence-corrected chi connectivity index (χ2v) is 27.9. The van der Waals surface area contributed by atoms with E-state index < -0.39 is 33.4 Å². The maximum atomic E-state index is 13.4. The van der Waals surface area contributed by atoms with Gasteiger partial charge in [-0.2, -0.15) is 14.2 Å². The third-order valence-corrected chi connectivity index (χ3v) is 18.5. The number of aromatic hydroxyl groups is 1. The molecule has 4 heterocycles. The van der Waals surface area contributed by atoms with Gasteiger partial charge in [-0.15, -0.1) is 0 Å². The van der Waals surface area contributed by atoms with Crippen molar-refractivity contribution in [3.05, 3.63) is 231 Å². The summed E-state index contributed by atoms with van der Waals surface area (Å²) in [7, 11) is 4.27. The number of hydrogen-bond acceptors (Lipinski definition) is 26. The molecule has 0 aliphatic heterocycles. The molecule has 13 aromatic rings.